The molecule has 1 aliphatic heterocycles. The van der Waals surface area contributed by atoms with E-state index in [0.717, 1.165) is 51.3 Å². The number of hydrogen-bond donors (Lipinski definition) is 2. The molecule has 10 nitrogen and oxygen atoms in total. The van der Waals surface area contributed by atoms with E-state index in [2.05, 4.69) is 38.9 Å². The van der Waals surface area contributed by atoms with E-state index in [1.165, 1.54) is 0 Å². The SMILES string of the molecule is CCCCn1c(=O)[nH]c(=O)c2c1nc(CN1CCN(CC(=O)NC(C)CC)CC1)n2C. The van der Waals surface area contributed by atoms with Gasteiger partial charge in [-0.25, -0.2) is 9.78 Å². The molecule has 0 spiro atoms. The van der Waals surface area contributed by atoms with E-state index in [0.29, 0.717) is 30.8 Å². The van der Waals surface area contributed by atoms with Crippen LogP contribution in [0.3, 0.4) is 0 Å². The first-order valence-corrected chi connectivity index (χ1v) is 11.3. The number of nitrogens with zero attached hydrogens (tertiary/aromatic N) is 5. The Hall–Kier alpha value is -2.46. The summed E-state index contributed by atoms with van der Waals surface area (Å²) in [5.74, 6) is 0.835. The quantitative estimate of drug-likeness (QED) is 0.587. The molecule has 3 rings (SSSR count). The zero-order valence-electron chi connectivity index (χ0n) is 19.1. The number of nitrogens with one attached hydrogen (secondary N) is 2. The highest BCUT2D eigenvalue weighted by molar-refractivity contribution is 5.78. The maximum Gasteiger partial charge on any atom is 0.330 e. The molecule has 3 heterocycles. The average molecular weight is 434 g/mol. The van der Waals surface area contributed by atoms with Crippen LogP contribution in [-0.4, -0.2) is 73.6 Å². The number of aryl methyl sites for hydroxylation is 2. The molecular formula is C21H35N7O3. The van der Waals surface area contributed by atoms with Gasteiger partial charge in [0.05, 0.1) is 13.1 Å². The van der Waals surface area contributed by atoms with Crippen LogP contribution in [-0.2, 0) is 24.9 Å². The van der Waals surface area contributed by atoms with E-state index in [4.69, 9.17) is 0 Å². The summed E-state index contributed by atoms with van der Waals surface area (Å²) in [6, 6.07) is 0.198. The molecule has 0 saturated carbocycles. The molecule has 2 aromatic heterocycles. The van der Waals surface area contributed by atoms with Crippen molar-refractivity contribution in [3.63, 3.8) is 0 Å². The van der Waals surface area contributed by atoms with Gasteiger partial charge in [-0.3, -0.25) is 28.9 Å². The average Bonchev–Trinajstić information content (AvgIpc) is 3.05. The molecule has 1 aliphatic rings. The largest absolute Gasteiger partial charge is 0.353 e. The molecule has 1 unspecified atom stereocenters. The molecule has 31 heavy (non-hydrogen) atoms. The molecule has 2 N–H and O–H groups in total. The highest BCUT2D eigenvalue weighted by Gasteiger charge is 2.22. The van der Waals surface area contributed by atoms with Gasteiger partial charge >= 0.3 is 5.69 Å². The number of piperazine rings is 1. The van der Waals surface area contributed by atoms with Crippen LogP contribution in [0.2, 0.25) is 0 Å². The normalized spacial score (nSPS) is 16.6. The number of H-pyrrole nitrogens is 1. The van der Waals surface area contributed by atoms with Gasteiger partial charge in [0.2, 0.25) is 5.91 Å². The molecule has 0 aliphatic carbocycles. The monoisotopic (exact) mass is 433 g/mol. The van der Waals surface area contributed by atoms with E-state index in [9.17, 15) is 14.4 Å². The Balaban J connectivity index is 1.67. The van der Waals surface area contributed by atoms with Crippen molar-refractivity contribution in [2.75, 3.05) is 32.7 Å². The maximum atomic E-state index is 12.4. The Labute approximate surface area is 182 Å². The van der Waals surface area contributed by atoms with Gasteiger partial charge in [-0.05, 0) is 19.8 Å². The van der Waals surface area contributed by atoms with Crippen LogP contribution in [0.15, 0.2) is 9.59 Å². The number of aromatic nitrogens is 4. The van der Waals surface area contributed by atoms with Crippen molar-refractivity contribution in [1.82, 2.24) is 34.2 Å². The topological polar surface area (TPSA) is 108 Å². The fourth-order valence-electron chi connectivity index (χ4n) is 3.89. The van der Waals surface area contributed by atoms with E-state index < -0.39 is 11.2 Å². The summed E-state index contributed by atoms with van der Waals surface area (Å²) in [7, 11) is 1.82. The van der Waals surface area contributed by atoms with E-state index in [1.54, 1.807) is 9.13 Å². The van der Waals surface area contributed by atoms with Crippen molar-refractivity contribution < 1.29 is 4.79 Å². The Morgan fingerprint density at radius 2 is 1.84 bits per heavy atom. The molecule has 0 bridgehead atoms. The maximum absolute atomic E-state index is 12.4. The van der Waals surface area contributed by atoms with Crippen LogP contribution < -0.4 is 16.6 Å². The highest BCUT2D eigenvalue weighted by Crippen LogP contribution is 2.13. The van der Waals surface area contributed by atoms with Crippen molar-refractivity contribution in [2.24, 2.45) is 7.05 Å². The molecule has 1 atom stereocenters. The molecule has 0 aromatic carbocycles. The lowest BCUT2D eigenvalue weighted by Crippen LogP contribution is -2.50. The minimum absolute atomic E-state index is 0.0717. The van der Waals surface area contributed by atoms with Crippen molar-refractivity contribution in [3.8, 4) is 0 Å². The summed E-state index contributed by atoms with van der Waals surface area (Å²) in [6.45, 7) is 10.9. The molecule has 172 valence electrons. The summed E-state index contributed by atoms with van der Waals surface area (Å²) in [4.78, 5) is 48.4. The lowest BCUT2D eigenvalue weighted by atomic mass is 10.2. The van der Waals surface area contributed by atoms with Gasteiger partial charge in [0.25, 0.3) is 5.56 Å². The van der Waals surface area contributed by atoms with Crippen molar-refractivity contribution in [3.05, 3.63) is 26.7 Å². The zero-order valence-corrected chi connectivity index (χ0v) is 19.1. The number of unbranched alkanes of at least 4 members (excludes halogenated alkanes) is 1. The van der Waals surface area contributed by atoms with Crippen LogP contribution in [0.25, 0.3) is 11.2 Å². The Morgan fingerprint density at radius 1 is 1.16 bits per heavy atom. The summed E-state index contributed by atoms with van der Waals surface area (Å²) in [6.07, 6.45) is 2.72. The number of imidazole rings is 1. The van der Waals surface area contributed by atoms with Crippen LogP contribution in [0.1, 0.15) is 45.9 Å². The van der Waals surface area contributed by atoms with Gasteiger partial charge in [0.1, 0.15) is 5.82 Å². The van der Waals surface area contributed by atoms with Gasteiger partial charge in [0, 0.05) is 45.8 Å². The molecular weight excluding hydrogens is 398 g/mol. The fraction of sp³-hybridized carbons (Fsp3) is 0.714. The third-order valence-corrected chi connectivity index (χ3v) is 6.06. The van der Waals surface area contributed by atoms with Crippen LogP contribution in [0.4, 0.5) is 0 Å². The third-order valence-electron chi connectivity index (χ3n) is 6.06. The van der Waals surface area contributed by atoms with Crippen molar-refractivity contribution in [1.29, 1.82) is 0 Å². The van der Waals surface area contributed by atoms with Gasteiger partial charge in [-0.1, -0.05) is 20.3 Å². The van der Waals surface area contributed by atoms with Crippen LogP contribution in [0, 0.1) is 0 Å². The zero-order chi connectivity index (χ0) is 22.5. The number of hydrogen-bond acceptors (Lipinski definition) is 6. The van der Waals surface area contributed by atoms with Crippen molar-refractivity contribution >= 4 is 17.1 Å². The number of carbonyl (C=O) groups is 1. The molecule has 1 amide bonds. The molecule has 1 saturated heterocycles. The Morgan fingerprint density at radius 3 is 2.48 bits per heavy atom. The lowest BCUT2D eigenvalue weighted by Gasteiger charge is -2.34. The second-order valence-corrected chi connectivity index (χ2v) is 8.45. The summed E-state index contributed by atoms with van der Waals surface area (Å²) in [5.41, 5.74) is 0.0946. The second kappa shape index (κ2) is 10.2. The first kappa shape index (κ1) is 23.2. The van der Waals surface area contributed by atoms with Gasteiger partial charge in [-0.2, -0.15) is 0 Å². The summed E-state index contributed by atoms with van der Waals surface area (Å²) in [5, 5.41) is 3.01. The summed E-state index contributed by atoms with van der Waals surface area (Å²) >= 11 is 0. The Kier molecular flexibility index (Phi) is 7.66. The van der Waals surface area contributed by atoms with Gasteiger partial charge in [-0.15, -0.1) is 0 Å². The van der Waals surface area contributed by atoms with E-state index in [1.807, 2.05) is 14.0 Å². The minimum Gasteiger partial charge on any atom is -0.353 e. The van der Waals surface area contributed by atoms with Crippen LogP contribution in [0.5, 0.6) is 0 Å². The smallest absolute Gasteiger partial charge is 0.330 e. The molecule has 0 radical (unpaired) electrons. The highest BCUT2D eigenvalue weighted by atomic mass is 16.2. The fourth-order valence-corrected chi connectivity index (χ4v) is 3.89. The first-order valence-electron chi connectivity index (χ1n) is 11.3. The Bertz CT molecular complexity index is 1010. The third kappa shape index (κ3) is 5.43. The summed E-state index contributed by atoms with van der Waals surface area (Å²) < 4.78 is 3.36. The van der Waals surface area contributed by atoms with Crippen molar-refractivity contribution in [2.45, 2.75) is 59.2 Å². The predicted octanol–water partition coefficient (Wildman–Crippen LogP) is 0.256. The van der Waals surface area contributed by atoms with Gasteiger partial charge < -0.3 is 9.88 Å². The molecule has 1 fully saturated rings. The van der Waals surface area contributed by atoms with Crippen LogP contribution >= 0.6 is 0 Å². The molecule has 10 heteroatoms. The van der Waals surface area contributed by atoms with E-state index >= 15 is 0 Å². The lowest BCUT2D eigenvalue weighted by molar-refractivity contribution is -0.123. The standard InChI is InChI=1S/C21H35N7O3/c1-5-7-8-28-19-18(20(30)24-21(28)31)25(4)16(23-19)13-26-9-11-27(12-10-26)14-17(29)22-15(3)6-2/h15H,5-14H2,1-4H3,(H,22,29)(H,24,30,31). The number of carbonyl (C=O) groups excluding carboxylic acids is 1. The number of fused-ring (bicyclic) bond motifs is 1. The minimum atomic E-state index is -0.403. The molecule has 2 aromatic rings. The number of aromatic amines is 1. The predicted molar refractivity (Wildman–Crippen MR) is 120 cm³/mol. The van der Waals surface area contributed by atoms with Gasteiger partial charge in [0.15, 0.2) is 11.2 Å². The number of amides is 1. The first-order chi connectivity index (χ1) is 14.8. The number of rotatable bonds is 9. The van der Waals surface area contributed by atoms with E-state index in [-0.39, 0.29) is 11.9 Å². The second-order valence-electron chi connectivity index (χ2n) is 8.45.